The van der Waals surface area contributed by atoms with Gasteiger partial charge in [0.05, 0.1) is 21.7 Å². The van der Waals surface area contributed by atoms with Crippen molar-refractivity contribution < 1.29 is 0 Å². The normalized spacial score (nSPS) is 11.4. The Labute approximate surface area is 122 Å². The van der Waals surface area contributed by atoms with Crippen LogP contribution in [0.5, 0.6) is 0 Å². The van der Waals surface area contributed by atoms with Crippen LogP contribution in [0.2, 0.25) is 0 Å². The number of aromatic nitrogens is 2. The number of halogens is 1. The largest absolute Gasteiger partial charge is 0.348 e. The van der Waals surface area contributed by atoms with Crippen molar-refractivity contribution in [2.24, 2.45) is 5.41 Å². The number of nitrogens with zero attached hydrogens (tertiary/aromatic N) is 3. The first-order valence-electron chi connectivity index (χ1n) is 6.43. The van der Waals surface area contributed by atoms with E-state index < -0.39 is 0 Å². The summed E-state index contributed by atoms with van der Waals surface area (Å²) in [4.78, 5) is 15.8. The van der Waals surface area contributed by atoms with Gasteiger partial charge in [0.2, 0.25) is 0 Å². The van der Waals surface area contributed by atoms with Crippen molar-refractivity contribution in [1.82, 2.24) is 9.55 Å². The first kappa shape index (κ1) is 15.9. The Morgan fingerprint density at radius 3 is 2.58 bits per heavy atom. The van der Waals surface area contributed by atoms with Crippen molar-refractivity contribution in [2.45, 2.75) is 53.5 Å². The summed E-state index contributed by atoms with van der Waals surface area (Å²) in [7, 11) is 0. The maximum absolute atomic E-state index is 11.8. The fourth-order valence-corrected chi connectivity index (χ4v) is 2.24. The van der Waals surface area contributed by atoms with E-state index in [1.165, 1.54) is 0 Å². The van der Waals surface area contributed by atoms with Gasteiger partial charge in [-0.2, -0.15) is 10.2 Å². The molecule has 0 radical (unpaired) electrons. The number of aryl methyl sites for hydroxylation is 1. The molecule has 1 heterocycles. The van der Waals surface area contributed by atoms with Crippen LogP contribution >= 0.6 is 15.9 Å². The van der Waals surface area contributed by atoms with E-state index in [1.54, 1.807) is 4.57 Å². The lowest BCUT2D eigenvalue weighted by molar-refractivity contribution is 0.413. The molecule has 0 N–H and O–H groups in total. The molecule has 0 aliphatic carbocycles. The SMILES string of the molecule is Cc1nc(=O)n(CCCCC(C)(C)C#N)c(C)c1Br. The second kappa shape index (κ2) is 6.33. The van der Waals surface area contributed by atoms with Crippen LogP contribution < -0.4 is 5.69 Å². The predicted molar refractivity (Wildman–Crippen MR) is 78.9 cm³/mol. The summed E-state index contributed by atoms with van der Waals surface area (Å²) < 4.78 is 2.58. The summed E-state index contributed by atoms with van der Waals surface area (Å²) in [5.41, 5.74) is 1.16. The highest BCUT2D eigenvalue weighted by Gasteiger charge is 2.16. The molecular formula is C14H20BrN3O. The van der Waals surface area contributed by atoms with Gasteiger partial charge in [-0.1, -0.05) is 6.42 Å². The monoisotopic (exact) mass is 325 g/mol. The lowest BCUT2D eigenvalue weighted by Crippen LogP contribution is -2.26. The molecule has 0 atom stereocenters. The maximum atomic E-state index is 11.8. The van der Waals surface area contributed by atoms with E-state index in [1.807, 2.05) is 27.7 Å². The Hall–Kier alpha value is -1.15. The minimum absolute atomic E-state index is 0.197. The molecule has 19 heavy (non-hydrogen) atoms. The molecule has 0 aliphatic rings. The van der Waals surface area contributed by atoms with Crippen LogP contribution in [0.4, 0.5) is 0 Å². The number of nitriles is 1. The Morgan fingerprint density at radius 2 is 2.00 bits per heavy atom. The van der Waals surface area contributed by atoms with Crippen LogP contribution in [0.3, 0.4) is 0 Å². The van der Waals surface area contributed by atoms with Crippen molar-refractivity contribution >= 4 is 15.9 Å². The van der Waals surface area contributed by atoms with E-state index in [0.717, 1.165) is 35.1 Å². The van der Waals surface area contributed by atoms with Gasteiger partial charge in [0.25, 0.3) is 0 Å². The van der Waals surface area contributed by atoms with E-state index in [9.17, 15) is 4.79 Å². The summed E-state index contributed by atoms with van der Waals surface area (Å²) in [5, 5.41) is 8.94. The van der Waals surface area contributed by atoms with Gasteiger partial charge in [0.1, 0.15) is 0 Å². The van der Waals surface area contributed by atoms with Gasteiger partial charge in [-0.25, -0.2) is 4.79 Å². The summed E-state index contributed by atoms with van der Waals surface area (Å²) >= 11 is 3.45. The van der Waals surface area contributed by atoms with Crippen molar-refractivity contribution in [3.63, 3.8) is 0 Å². The molecule has 104 valence electrons. The molecule has 0 saturated heterocycles. The minimum Gasteiger partial charge on any atom is -0.295 e. The Kier molecular flexibility index (Phi) is 5.30. The second-order valence-electron chi connectivity index (χ2n) is 5.48. The molecule has 0 fully saturated rings. The fourth-order valence-electron chi connectivity index (χ4n) is 1.93. The Bertz CT molecular complexity index is 555. The lowest BCUT2D eigenvalue weighted by atomic mass is 9.89. The van der Waals surface area contributed by atoms with Gasteiger partial charge in [0, 0.05) is 12.2 Å². The van der Waals surface area contributed by atoms with Gasteiger partial charge in [-0.3, -0.25) is 4.57 Å². The smallest absolute Gasteiger partial charge is 0.295 e. The number of unbranched alkanes of at least 4 members (excludes halogenated alkanes) is 1. The number of rotatable bonds is 5. The molecule has 0 aromatic carbocycles. The standard InChI is InChI=1S/C14H20BrN3O/c1-10-12(15)11(2)18(13(19)17-10)8-6-5-7-14(3,4)9-16/h5-8H2,1-4H3. The molecule has 0 bridgehead atoms. The van der Waals surface area contributed by atoms with Gasteiger partial charge < -0.3 is 0 Å². The minimum atomic E-state index is -0.286. The highest BCUT2D eigenvalue weighted by atomic mass is 79.9. The highest BCUT2D eigenvalue weighted by Crippen LogP contribution is 2.22. The first-order chi connectivity index (χ1) is 8.78. The number of hydrogen-bond donors (Lipinski definition) is 0. The molecular weight excluding hydrogens is 306 g/mol. The Balaban J connectivity index is 2.68. The zero-order valence-corrected chi connectivity index (χ0v) is 13.5. The second-order valence-corrected chi connectivity index (χ2v) is 6.28. The fraction of sp³-hybridized carbons (Fsp3) is 0.643. The van der Waals surface area contributed by atoms with Crippen LogP contribution in [-0.2, 0) is 6.54 Å². The first-order valence-corrected chi connectivity index (χ1v) is 7.22. The Morgan fingerprint density at radius 1 is 1.37 bits per heavy atom. The molecule has 4 nitrogen and oxygen atoms in total. The van der Waals surface area contributed by atoms with E-state index in [0.29, 0.717) is 6.54 Å². The van der Waals surface area contributed by atoms with Crippen LogP contribution in [-0.4, -0.2) is 9.55 Å². The maximum Gasteiger partial charge on any atom is 0.348 e. The van der Waals surface area contributed by atoms with Gasteiger partial charge in [-0.05, 0) is 56.5 Å². The van der Waals surface area contributed by atoms with Crippen LogP contribution in [0.1, 0.15) is 44.5 Å². The average Bonchev–Trinajstić information content (AvgIpc) is 2.35. The van der Waals surface area contributed by atoms with Crippen LogP contribution in [0.25, 0.3) is 0 Å². The quantitative estimate of drug-likeness (QED) is 0.780. The van der Waals surface area contributed by atoms with Crippen LogP contribution in [0, 0.1) is 30.6 Å². The van der Waals surface area contributed by atoms with Crippen molar-refractivity contribution in [3.8, 4) is 6.07 Å². The summed E-state index contributed by atoms with van der Waals surface area (Å²) in [6, 6.07) is 2.29. The van der Waals surface area contributed by atoms with Crippen LogP contribution in [0.15, 0.2) is 9.27 Å². The molecule has 1 rings (SSSR count). The third-order valence-corrected chi connectivity index (χ3v) is 4.42. The van der Waals surface area contributed by atoms with E-state index in [4.69, 9.17) is 5.26 Å². The zero-order valence-electron chi connectivity index (χ0n) is 12.0. The topological polar surface area (TPSA) is 58.7 Å². The molecule has 0 amide bonds. The van der Waals surface area contributed by atoms with E-state index in [2.05, 4.69) is 27.0 Å². The predicted octanol–water partition coefficient (Wildman–Crippen LogP) is 3.34. The van der Waals surface area contributed by atoms with Crippen molar-refractivity contribution in [2.75, 3.05) is 0 Å². The third kappa shape index (κ3) is 4.17. The van der Waals surface area contributed by atoms with E-state index in [-0.39, 0.29) is 11.1 Å². The third-order valence-electron chi connectivity index (χ3n) is 3.27. The van der Waals surface area contributed by atoms with Gasteiger partial charge in [-0.15, -0.1) is 0 Å². The number of hydrogen-bond acceptors (Lipinski definition) is 3. The zero-order chi connectivity index (χ0) is 14.6. The van der Waals surface area contributed by atoms with Gasteiger partial charge in [0.15, 0.2) is 0 Å². The highest BCUT2D eigenvalue weighted by molar-refractivity contribution is 9.10. The molecule has 0 aliphatic heterocycles. The summed E-state index contributed by atoms with van der Waals surface area (Å²) in [6.45, 7) is 8.26. The lowest BCUT2D eigenvalue weighted by Gasteiger charge is -2.15. The summed E-state index contributed by atoms with van der Waals surface area (Å²) in [6.07, 6.45) is 2.65. The molecule has 0 saturated carbocycles. The molecule has 1 aromatic rings. The van der Waals surface area contributed by atoms with Crippen molar-refractivity contribution in [1.29, 1.82) is 5.26 Å². The summed E-state index contributed by atoms with van der Waals surface area (Å²) in [5.74, 6) is 0. The molecule has 5 heteroatoms. The average molecular weight is 326 g/mol. The molecule has 0 spiro atoms. The molecule has 0 unspecified atom stereocenters. The van der Waals surface area contributed by atoms with Gasteiger partial charge >= 0.3 is 5.69 Å². The van der Waals surface area contributed by atoms with Crippen molar-refractivity contribution in [3.05, 3.63) is 26.3 Å². The van der Waals surface area contributed by atoms with E-state index >= 15 is 0 Å². The molecule has 1 aromatic heterocycles.